The smallest absolute Gasteiger partial charge is 0.328 e. The molecule has 0 aliphatic heterocycles. The van der Waals surface area contributed by atoms with Gasteiger partial charge in [0.15, 0.2) is 0 Å². The van der Waals surface area contributed by atoms with Crippen molar-refractivity contribution in [1.29, 1.82) is 0 Å². The van der Waals surface area contributed by atoms with Crippen LogP contribution in [0.25, 0.3) is 6.08 Å². The van der Waals surface area contributed by atoms with Gasteiger partial charge in [0.25, 0.3) is 0 Å². The Morgan fingerprint density at radius 3 is 2.52 bits per heavy atom. The van der Waals surface area contributed by atoms with Gasteiger partial charge in [0.05, 0.1) is 0 Å². The molecule has 0 atom stereocenters. The molecule has 0 saturated heterocycles. The van der Waals surface area contributed by atoms with Gasteiger partial charge in [-0.05, 0) is 47.7 Å². The first-order valence-corrected chi connectivity index (χ1v) is 9.12. The lowest BCUT2D eigenvalue weighted by atomic mass is 9.85. The molecule has 0 saturated carbocycles. The van der Waals surface area contributed by atoms with E-state index in [9.17, 15) is 4.79 Å². The molecule has 1 N–H and O–H groups in total. The summed E-state index contributed by atoms with van der Waals surface area (Å²) in [5.74, 6) is 0.413. The standard InChI is InChI=1S/C22H25ClO4/c1-15-6-5-7-18(22(2,3)4)21(15)27-13-12-26-19-10-9-17(23)14-16(19)8-11-20(24)25/h5-11,14H,12-13H2,1-4H3,(H,24,25). The molecule has 0 amide bonds. The van der Waals surface area contributed by atoms with Crippen molar-refractivity contribution in [3.63, 3.8) is 0 Å². The van der Waals surface area contributed by atoms with E-state index in [1.165, 1.54) is 6.08 Å². The summed E-state index contributed by atoms with van der Waals surface area (Å²) < 4.78 is 11.8. The molecule has 0 radical (unpaired) electrons. The van der Waals surface area contributed by atoms with Gasteiger partial charge < -0.3 is 14.6 Å². The molecule has 2 rings (SSSR count). The first-order chi connectivity index (χ1) is 12.7. The predicted octanol–water partition coefficient (Wildman–Crippen LogP) is 5.50. The quantitative estimate of drug-likeness (QED) is 0.502. The van der Waals surface area contributed by atoms with Gasteiger partial charge in [-0.1, -0.05) is 50.6 Å². The van der Waals surface area contributed by atoms with Gasteiger partial charge in [-0.15, -0.1) is 0 Å². The average Bonchev–Trinajstić information content (AvgIpc) is 2.58. The fourth-order valence-corrected chi connectivity index (χ4v) is 2.85. The number of carbonyl (C=O) groups is 1. The number of hydrogen-bond acceptors (Lipinski definition) is 3. The summed E-state index contributed by atoms with van der Waals surface area (Å²) >= 11 is 5.99. The number of benzene rings is 2. The van der Waals surface area contributed by atoms with E-state index in [0.29, 0.717) is 29.5 Å². The number of carboxylic acid groups (broad SMARTS) is 1. The third-order valence-corrected chi connectivity index (χ3v) is 4.22. The molecule has 0 fully saturated rings. The molecule has 0 spiro atoms. The van der Waals surface area contributed by atoms with Crippen molar-refractivity contribution in [2.75, 3.05) is 13.2 Å². The molecular formula is C22H25ClO4. The molecule has 0 aliphatic rings. The topological polar surface area (TPSA) is 55.8 Å². The van der Waals surface area contributed by atoms with Gasteiger partial charge in [-0.3, -0.25) is 0 Å². The summed E-state index contributed by atoms with van der Waals surface area (Å²) in [6, 6.07) is 11.2. The highest BCUT2D eigenvalue weighted by Crippen LogP contribution is 2.33. The maximum Gasteiger partial charge on any atom is 0.328 e. The Balaban J connectivity index is 2.06. The Labute approximate surface area is 165 Å². The first-order valence-electron chi connectivity index (χ1n) is 8.75. The highest BCUT2D eigenvalue weighted by Gasteiger charge is 2.20. The maximum absolute atomic E-state index is 10.8. The molecule has 0 bridgehead atoms. The fourth-order valence-electron chi connectivity index (χ4n) is 2.67. The molecule has 27 heavy (non-hydrogen) atoms. The molecule has 0 heterocycles. The van der Waals surface area contributed by atoms with Crippen LogP contribution in [-0.2, 0) is 10.2 Å². The Kier molecular flexibility index (Phi) is 6.92. The Hall–Kier alpha value is -2.46. The van der Waals surface area contributed by atoms with Crippen molar-refractivity contribution in [2.45, 2.75) is 33.1 Å². The number of aliphatic carboxylic acids is 1. The van der Waals surface area contributed by atoms with Crippen molar-refractivity contribution >= 4 is 23.6 Å². The lowest BCUT2D eigenvalue weighted by Gasteiger charge is -2.24. The molecule has 5 heteroatoms. The molecule has 4 nitrogen and oxygen atoms in total. The van der Waals surface area contributed by atoms with Gasteiger partial charge in [0, 0.05) is 16.7 Å². The summed E-state index contributed by atoms with van der Waals surface area (Å²) in [5, 5.41) is 9.32. The second-order valence-corrected chi connectivity index (χ2v) is 7.69. The maximum atomic E-state index is 10.8. The monoisotopic (exact) mass is 388 g/mol. The van der Waals surface area contributed by atoms with Crippen LogP contribution in [0.3, 0.4) is 0 Å². The lowest BCUT2D eigenvalue weighted by molar-refractivity contribution is -0.131. The Bertz CT molecular complexity index is 835. The number of hydrogen-bond donors (Lipinski definition) is 1. The third-order valence-electron chi connectivity index (χ3n) is 3.98. The molecule has 144 valence electrons. The zero-order chi connectivity index (χ0) is 20.0. The highest BCUT2D eigenvalue weighted by molar-refractivity contribution is 6.30. The van der Waals surface area contributed by atoms with Crippen molar-refractivity contribution in [3.8, 4) is 11.5 Å². The van der Waals surface area contributed by atoms with Crippen LogP contribution in [0.1, 0.15) is 37.5 Å². The minimum absolute atomic E-state index is 0.0206. The van der Waals surface area contributed by atoms with Crippen molar-refractivity contribution in [2.24, 2.45) is 0 Å². The molecule has 0 aromatic heterocycles. The van der Waals surface area contributed by atoms with Crippen LogP contribution >= 0.6 is 11.6 Å². The summed E-state index contributed by atoms with van der Waals surface area (Å²) in [6.07, 6.45) is 2.52. The first kappa shape index (κ1) is 20.8. The molecule has 2 aromatic rings. The largest absolute Gasteiger partial charge is 0.489 e. The predicted molar refractivity (Wildman–Crippen MR) is 109 cm³/mol. The van der Waals surface area contributed by atoms with E-state index in [0.717, 1.165) is 23.0 Å². The Morgan fingerprint density at radius 2 is 1.85 bits per heavy atom. The van der Waals surface area contributed by atoms with Crippen molar-refractivity contribution in [1.82, 2.24) is 0 Å². The molecule has 0 aliphatic carbocycles. The van der Waals surface area contributed by atoms with E-state index in [-0.39, 0.29) is 5.41 Å². The molecular weight excluding hydrogens is 364 g/mol. The average molecular weight is 389 g/mol. The van der Waals surface area contributed by atoms with E-state index < -0.39 is 5.97 Å². The second-order valence-electron chi connectivity index (χ2n) is 7.25. The second kappa shape index (κ2) is 8.96. The van der Waals surface area contributed by atoms with Gasteiger partial charge >= 0.3 is 5.97 Å². The molecule has 2 aromatic carbocycles. The summed E-state index contributed by atoms with van der Waals surface area (Å²) in [4.78, 5) is 10.8. The minimum atomic E-state index is -1.03. The number of para-hydroxylation sites is 1. The van der Waals surface area contributed by atoms with Gasteiger partial charge in [0.2, 0.25) is 0 Å². The lowest BCUT2D eigenvalue weighted by Crippen LogP contribution is -2.16. The fraction of sp³-hybridized carbons (Fsp3) is 0.318. The van der Waals surface area contributed by atoms with Crippen LogP contribution in [0.15, 0.2) is 42.5 Å². The van der Waals surface area contributed by atoms with E-state index in [2.05, 4.69) is 26.8 Å². The van der Waals surface area contributed by atoms with Crippen molar-refractivity contribution < 1.29 is 19.4 Å². The normalized spacial score (nSPS) is 11.6. The minimum Gasteiger partial charge on any atom is -0.489 e. The van der Waals surface area contributed by atoms with Crippen LogP contribution in [0.2, 0.25) is 5.02 Å². The number of ether oxygens (including phenoxy) is 2. The van der Waals surface area contributed by atoms with Crippen molar-refractivity contribution in [3.05, 3.63) is 64.2 Å². The van der Waals surface area contributed by atoms with Crippen LogP contribution in [0.4, 0.5) is 0 Å². The van der Waals surface area contributed by atoms with E-state index in [1.807, 2.05) is 19.1 Å². The number of halogens is 1. The SMILES string of the molecule is Cc1cccc(C(C)(C)C)c1OCCOc1ccc(Cl)cc1C=CC(=O)O. The Morgan fingerprint density at radius 1 is 1.15 bits per heavy atom. The summed E-state index contributed by atoms with van der Waals surface area (Å²) in [5.41, 5.74) is 2.82. The van der Waals surface area contributed by atoms with Gasteiger partial charge in [0.1, 0.15) is 24.7 Å². The third kappa shape index (κ3) is 6.04. The molecule has 0 unspecified atom stereocenters. The highest BCUT2D eigenvalue weighted by atomic mass is 35.5. The number of aryl methyl sites for hydroxylation is 1. The van der Waals surface area contributed by atoms with E-state index in [1.54, 1.807) is 18.2 Å². The van der Waals surface area contributed by atoms with E-state index in [4.69, 9.17) is 26.2 Å². The van der Waals surface area contributed by atoms with Crippen LogP contribution in [-0.4, -0.2) is 24.3 Å². The van der Waals surface area contributed by atoms with Crippen LogP contribution < -0.4 is 9.47 Å². The zero-order valence-electron chi connectivity index (χ0n) is 16.1. The summed E-state index contributed by atoms with van der Waals surface area (Å²) in [6.45, 7) is 9.19. The number of rotatable bonds is 7. The van der Waals surface area contributed by atoms with Crippen LogP contribution in [0, 0.1) is 6.92 Å². The van der Waals surface area contributed by atoms with Gasteiger partial charge in [-0.2, -0.15) is 0 Å². The zero-order valence-corrected chi connectivity index (χ0v) is 16.8. The van der Waals surface area contributed by atoms with Crippen LogP contribution in [0.5, 0.6) is 11.5 Å². The van der Waals surface area contributed by atoms with E-state index >= 15 is 0 Å². The summed E-state index contributed by atoms with van der Waals surface area (Å²) in [7, 11) is 0. The number of carboxylic acids is 1. The van der Waals surface area contributed by atoms with Gasteiger partial charge in [-0.25, -0.2) is 4.79 Å².